The highest BCUT2D eigenvalue weighted by Gasteiger charge is 2.36. The van der Waals surface area contributed by atoms with Crippen LogP contribution in [0.5, 0.6) is 5.75 Å². The fourth-order valence-electron chi connectivity index (χ4n) is 6.40. The van der Waals surface area contributed by atoms with Crippen LogP contribution in [-0.4, -0.2) is 44.9 Å². The molecule has 44 heavy (non-hydrogen) atoms. The van der Waals surface area contributed by atoms with Gasteiger partial charge in [-0.2, -0.15) is 0 Å². The van der Waals surface area contributed by atoms with Crippen molar-refractivity contribution in [2.45, 2.75) is 70.7 Å². The Morgan fingerprint density at radius 3 is 2.43 bits per heavy atom. The lowest BCUT2D eigenvalue weighted by atomic mass is 9.78. The molecule has 3 heterocycles. The first-order valence-electron chi connectivity index (χ1n) is 15.0. The molecule has 0 bridgehead atoms. The molecule has 1 saturated heterocycles. The number of pyridine rings is 1. The van der Waals surface area contributed by atoms with Crippen molar-refractivity contribution in [2.75, 3.05) is 18.0 Å². The Bertz CT molecular complexity index is 1660. The Balaban J connectivity index is 1.37. The predicted molar refractivity (Wildman–Crippen MR) is 157 cm³/mol. The number of carboxylic acid groups (broad SMARTS) is 1. The average Bonchev–Trinajstić information content (AvgIpc) is 3.36. The Kier molecular flexibility index (Phi) is 8.46. The van der Waals surface area contributed by atoms with Gasteiger partial charge in [0.05, 0.1) is 23.5 Å². The Morgan fingerprint density at radius 2 is 1.73 bits per heavy atom. The molecule has 2 fully saturated rings. The summed E-state index contributed by atoms with van der Waals surface area (Å²) in [6, 6.07) is 8.95. The van der Waals surface area contributed by atoms with E-state index < -0.39 is 41.4 Å². The molecule has 0 radical (unpaired) electrons. The Labute approximate surface area is 252 Å². The number of carbonyl (C=O) groups is 1. The van der Waals surface area contributed by atoms with Gasteiger partial charge in [0.2, 0.25) is 0 Å². The largest absolute Gasteiger partial charge is 0.487 e. The molecule has 1 N–H and O–H groups in total. The zero-order chi connectivity index (χ0) is 31.0. The van der Waals surface area contributed by atoms with Crippen LogP contribution < -0.4 is 9.64 Å². The van der Waals surface area contributed by atoms with Crippen molar-refractivity contribution in [3.05, 3.63) is 82.7 Å². The summed E-state index contributed by atoms with van der Waals surface area (Å²) in [7, 11) is 0. The van der Waals surface area contributed by atoms with E-state index in [1.807, 2.05) is 0 Å². The van der Waals surface area contributed by atoms with Gasteiger partial charge in [-0.05, 0) is 68.5 Å². The number of carboxylic acids is 1. The van der Waals surface area contributed by atoms with E-state index in [2.05, 4.69) is 4.98 Å². The number of anilines is 1. The van der Waals surface area contributed by atoms with Gasteiger partial charge in [-0.15, -0.1) is 0 Å². The third-order valence-electron chi connectivity index (χ3n) is 8.83. The van der Waals surface area contributed by atoms with Gasteiger partial charge >= 0.3 is 5.97 Å². The molecule has 2 aromatic heterocycles. The molecule has 1 saturated carbocycles. The van der Waals surface area contributed by atoms with Crippen molar-refractivity contribution in [2.24, 2.45) is 5.92 Å². The molecule has 1 aliphatic carbocycles. The van der Waals surface area contributed by atoms with Gasteiger partial charge in [0.25, 0.3) is 0 Å². The fraction of sp³-hybridized carbons (Fsp3) is 0.424. The minimum absolute atomic E-state index is 0.132. The summed E-state index contributed by atoms with van der Waals surface area (Å²) < 4.78 is 66.8. The van der Waals surface area contributed by atoms with E-state index in [-0.39, 0.29) is 24.4 Å². The fourth-order valence-corrected chi connectivity index (χ4v) is 6.40. The highest BCUT2D eigenvalue weighted by molar-refractivity contribution is 5.79. The van der Waals surface area contributed by atoms with Crippen LogP contribution in [0.4, 0.5) is 23.2 Å². The van der Waals surface area contributed by atoms with Crippen LogP contribution in [0.3, 0.4) is 0 Å². The van der Waals surface area contributed by atoms with E-state index in [0.717, 1.165) is 12.8 Å². The molecule has 232 valence electrons. The van der Waals surface area contributed by atoms with Crippen LogP contribution in [0.15, 0.2) is 42.6 Å². The van der Waals surface area contributed by atoms with Crippen LogP contribution in [0, 0.1) is 30.3 Å². The zero-order valence-corrected chi connectivity index (χ0v) is 24.4. The topological polar surface area (TPSA) is 80.5 Å². The number of hydrogen-bond acceptors (Lipinski definition) is 5. The van der Waals surface area contributed by atoms with Crippen molar-refractivity contribution >= 4 is 22.7 Å². The number of piperidine rings is 1. The van der Waals surface area contributed by atoms with Gasteiger partial charge in [0, 0.05) is 42.5 Å². The monoisotopic (exact) mass is 610 g/mol. The number of aromatic nitrogens is 3. The maximum atomic E-state index is 15.6. The van der Waals surface area contributed by atoms with Crippen molar-refractivity contribution < 1.29 is 32.2 Å². The molecule has 2 atom stereocenters. The van der Waals surface area contributed by atoms with E-state index in [9.17, 15) is 18.7 Å². The second-order valence-corrected chi connectivity index (χ2v) is 11.8. The van der Waals surface area contributed by atoms with E-state index in [1.54, 1.807) is 40.8 Å². The molecule has 4 aromatic rings. The molecular formula is C33H34F4N4O3. The second kappa shape index (κ2) is 12.5. The number of rotatable bonds is 8. The molecule has 2 aliphatic rings. The SMILES string of the molecule is Cc1cnc(COc2ccc3nc([C@H]4CCCC[C@H]4C(=O)O)n(Cc4c(F)cc(N5CCC(F)CC5)cc4F)c3c2)c(F)c1. The van der Waals surface area contributed by atoms with E-state index in [0.29, 0.717) is 72.6 Å². The molecule has 2 aromatic carbocycles. The third kappa shape index (κ3) is 6.09. The number of imidazole rings is 1. The number of hydrogen-bond donors (Lipinski definition) is 1. The van der Waals surface area contributed by atoms with Crippen molar-refractivity contribution in [1.29, 1.82) is 0 Å². The number of halogens is 4. The number of alkyl halides is 1. The summed E-state index contributed by atoms with van der Waals surface area (Å²) >= 11 is 0. The van der Waals surface area contributed by atoms with Crippen molar-refractivity contribution in [3.8, 4) is 5.75 Å². The van der Waals surface area contributed by atoms with Gasteiger partial charge in [0.15, 0.2) is 0 Å². The minimum atomic E-state index is -0.927. The highest BCUT2D eigenvalue weighted by atomic mass is 19.1. The predicted octanol–water partition coefficient (Wildman–Crippen LogP) is 7.08. The Morgan fingerprint density at radius 1 is 1.00 bits per heavy atom. The first-order valence-corrected chi connectivity index (χ1v) is 15.0. The smallest absolute Gasteiger partial charge is 0.307 e. The maximum absolute atomic E-state index is 15.6. The zero-order valence-electron chi connectivity index (χ0n) is 24.4. The van der Waals surface area contributed by atoms with Gasteiger partial charge in [-0.3, -0.25) is 9.78 Å². The summed E-state index contributed by atoms with van der Waals surface area (Å²) in [5.74, 6) is -3.22. The standard InChI is InChI=1S/C33H34F4N4O3/c1-19-12-28(37)30(38-16-19)18-44-22-6-7-29-31(15-22)41(32(39-29)23-4-2-3-5-24(23)33(42)43)17-25-26(35)13-21(14-27(25)36)40-10-8-20(34)9-11-40/h6-7,12-16,20,23-24H,2-5,8-11,17-18H2,1H3,(H,42,43)/t23-,24+/m0/s1. The molecule has 7 nitrogen and oxygen atoms in total. The molecule has 0 unspecified atom stereocenters. The Hall–Kier alpha value is -4.15. The normalized spacial score (nSPS) is 19.4. The lowest BCUT2D eigenvalue weighted by Crippen LogP contribution is -2.34. The molecule has 6 rings (SSSR count). The molecule has 0 amide bonds. The number of fused-ring (bicyclic) bond motifs is 1. The van der Waals surface area contributed by atoms with E-state index in [1.165, 1.54) is 18.2 Å². The minimum Gasteiger partial charge on any atom is -0.487 e. The number of nitrogens with zero attached hydrogens (tertiary/aromatic N) is 4. The van der Waals surface area contributed by atoms with Crippen LogP contribution >= 0.6 is 0 Å². The summed E-state index contributed by atoms with van der Waals surface area (Å²) in [4.78, 5) is 22.9. The summed E-state index contributed by atoms with van der Waals surface area (Å²) in [5, 5.41) is 10.0. The number of aliphatic carboxylic acids is 1. The summed E-state index contributed by atoms with van der Waals surface area (Å²) in [5.41, 5.74) is 2.03. The average molecular weight is 611 g/mol. The van der Waals surface area contributed by atoms with Crippen molar-refractivity contribution in [1.82, 2.24) is 14.5 Å². The van der Waals surface area contributed by atoms with Crippen LogP contribution in [-0.2, 0) is 17.9 Å². The van der Waals surface area contributed by atoms with E-state index >= 15 is 8.78 Å². The first-order chi connectivity index (χ1) is 21.2. The van der Waals surface area contributed by atoms with Gasteiger partial charge < -0.3 is 19.3 Å². The lowest BCUT2D eigenvalue weighted by molar-refractivity contribution is -0.143. The highest BCUT2D eigenvalue weighted by Crippen LogP contribution is 2.40. The van der Waals surface area contributed by atoms with E-state index in [4.69, 9.17) is 9.72 Å². The number of ether oxygens (including phenoxy) is 1. The van der Waals surface area contributed by atoms with Crippen LogP contribution in [0.2, 0.25) is 0 Å². The van der Waals surface area contributed by atoms with Gasteiger partial charge in [-0.1, -0.05) is 12.8 Å². The first kappa shape index (κ1) is 29.9. The quantitative estimate of drug-likeness (QED) is 0.215. The molecule has 0 spiro atoms. The maximum Gasteiger partial charge on any atom is 0.307 e. The third-order valence-corrected chi connectivity index (χ3v) is 8.83. The number of aryl methyl sites for hydroxylation is 1. The summed E-state index contributed by atoms with van der Waals surface area (Å²) in [6.45, 7) is 2.13. The molecular weight excluding hydrogens is 576 g/mol. The number of benzene rings is 2. The molecule has 11 heteroatoms. The van der Waals surface area contributed by atoms with Crippen LogP contribution in [0.1, 0.15) is 67.1 Å². The van der Waals surface area contributed by atoms with Gasteiger partial charge in [0.1, 0.15) is 47.5 Å². The lowest BCUT2D eigenvalue weighted by Gasteiger charge is -2.31. The molecule has 1 aliphatic heterocycles. The second-order valence-electron chi connectivity index (χ2n) is 11.8. The van der Waals surface area contributed by atoms with Crippen LogP contribution in [0.25, 0.3) is 11.0 Å². The van der Waals surface area contributed by atoms with Gasteiger partial charge in [-0.25, -0.2) is 22.5 Å². The van der Waals surface area contributed by atoms with Crippen molar-refractivity contribution in [3.63, 3.8) is 0 Å². The summed E-state index contributed by atoms with van der Waals surface area (Å²) in [6.07, 6.45) is 3.90.